The second-order valence-corrected chi connectivity index (χ2v) is 10.6. The Kier molecular flexibility index (Phi) is 13.8. The zero-order chi connectivity index (χ0) is 20.6. The number of thiazole rings is 1. The quantitative estimate of drug-likeness (QED) is 0.188. The van der Waals surface area contributed by atoms with Gasteiger partial charge in [-0.2, -0.15) is 0 Å². The summed E-state index contributed by atoms with van der Waals surface area (Å²) in [6.07, 6.45) is 20.0. The van der Waals surface area contributed by atoms with Gasteiger partial charge in [0.25, 0.3) is 0 Å². The van der Waals surface area contributed by atoms with Gasteiger partial charge in [-0.3, -0.25) is 0 Å². The predicted molar refractivity (Wildman–Crippen MR) is 131 cm³/mol. The van der Waals surface area contributed by atoms with Crippen LogP contribution < -0.4 is 0 Å². The van der Waals surface area contributed by atoms with Crippen molar-refractivity contribution in [3.8, 4) is 0 Å². The van der Waals surface area contributed by atoms with Crippen molar-refractivity contribution in [1.29, 1.82) is 0 Å². The maximum atomic E-state index is 10.2. The molecular weight excluding hydrogens is 394 g/mol. The van der Waals surface area contributed by atoms with Crippen molar-refractivity contribution in [3.05, 3.63) is 24.3 Å². The summed E-state index contributed by atoms with van der Waals surface area (Å²) >= 11 is 3.43. The normalized spacial score (nSPS) is 12.6. The van der Waals surface area contributed by atoms with Gasteiger partial charge < -0.3 is 5.11 Å². The second kappa shape index (κ2) is 16.2. The Balaban J connectivity index is 1.36. The number of hydrogen-bond donors (Lipinski definition) is 1. The lowest BCUT2D eigenvalue weighted by atomic mass is 10.0. The van der Waals surface area contributed by atoms with Crippen LogP contribution in [-0.4, -0.2) is 21.9 Å². The molecule has 29 heavy (non-hydrogen) atoms. The first kappa shape index (κ1) is 24.7. The first-order valence-corrected chi connectivity index (χ1v) is 13.8. The number of benzene rings is 1. The van der Waals surface area contributed by atoms with Crippen LogP contribution in [0.5, 0.6) is 0 Å². The van der Waals surface area contributed by atoms with E-state index in [0.29, 0.717) is 0 Å². The van der Waals surface area contributed by atoms with Gasteiger partial charge in [-0.1, -0.05) is 121 Å². The Morgan fingerprint density at radius 1 is 0.828 bits per heavy atom. The van der Waals surface area contributed by atoms with Gasteiger partial charge in [-0.15, -0.1) is 11.3 Å². The molecule has 0 fully saturated rings. The van der Waals surface area contributed by atoms with E-state index in [1.165, 1.54) is 88.2 Å². The first-order chi connectivity index (χ1) is 14.3. The molecule has 0 aliphatic rings. The highest BCUT2D eigenvalue weighted by molar-refractivity contribution is 8.01. The Morgan fingerprint density at radius 2 is 1.38 bits per heavy atom. The highest BCUT2D eigenvalue weighted by Crippen LogP contribution is 2.30. The van der Waals surface area contributed by atoms with E-state index in [2.05, 4.69) is 30.1 Å². The molecule has 2 aromatic rings. The third kappa shape index (κ3) is 11.4. The highest BCUT2D eigenvalue weighted by Gasteiger charge is 2.08. The van der Waals surface area contributed by atoms with Gasteiger partial charge in [0.15, 0.2) is 4.34 Å². The van der Waals surface area contributed by atoms with E-state index < -0.39 is 0 Å². The molecule has 0 bridgehead atoms. The number of aliphatic hydroxyl groups is 1. The molecule has 1 atom stereocenters. The minimum absolute atomic E-state index is 0.204. The lowest BCUT2D eigenvalue weighted by Gasteiger charge is -2.09. The molecule has 0 amide bonds. The first-order valence-electron chi connectivity index (χ1n) is 12.0. The van der Waals surface area contributed by atoms with Crippen LogP contribution in [0.2, 0.25) is 0 Å². The summed E-state index contributed by atoms with van der Waals surface area (Å²) in [4.78, 5) is 4.63. The third-order valence-corrected chi connectivity index (χ3v) is 7.89. The molecule has 4 heteroatoms. The number of nitrogens with zero attached hydrogens (tertiary/aromatic N) is 1. The molecule has 0 radical (unpaired) electrons. The molecule has 1 N–H and O–H groups in total. The van der Waals surface area contributed by atoms with E-state index in [1.54, 1.807) is 23.1 Å². The van der Waals surface area contributed by atoms with Crippen molar-refractivity contribution in [2.24, 2.45) is 0 Å². The fourth-order valence-electron chi connectivity index (χ4n) is 3.74. The number of thioether (sulfide) groups is 1. The fraction of sp³-hybridized carbons (Fsp3) is 0.720. The maximum absolute atomic E-state index is 10.2. The van der Waals surface area contributed by atoms with Crippen molar-refractivity contribution in [1.82, 2.24) is 4.98 Å². The Morgan fingerprint density at radius 3 is 1.97 bits per heavy atom. The summed E-state index contributed by atoms with van der Waals surface area (Å²) < 4.78 is 2.31. The molecule has 0 aliphatic carbocycles. The van der Waals surface area contributed by atoms with Gasteiger partial charge in [0.1, 0.15) is 0 Å². The van der Waals surface area contributed by atoms with Crippen LogP contribution in [0.1, 0.15) is 103 Å². The van der Waals surface area contributed by atoms with Gasteiger partial charge in [-0.05, 0) is 18.6 Å². The summed E-state index contributed by atoms with van der Waals surface area (Å²) in [5.41, 5.74) is 1.07. The molecule has 2 nitrogen and oxygen atoms in total. The van der Waals surface area contributed by atoms with Crippen LogP contribution in [0, 0.1) is 0 Å². The molecule has 0 saturated carbocycles. The second-order valence-electron chi connectivity index (χ2n) is 8.30. The summed E-state index contributed by atoms with van der Waals surface area (Å²) in [6, 6.07) is 8.25. The van der Waals surface area contributed by atoms with E-state index in [1.807, 2.05) is 6.07 Å². The maximum Gasteiger partial charge on any atom is 0.151 e. The monoisotopic (exact) mass is 435 g/mol. The SMILES string of the molecule is CCCCCCCCCCCCCCCCC(O)CSc1nc2ccccc2s1. The van der Waals surface area contributed by atoms with E-state index in [9.17, 15) is 5.11 Å². The van der Waals surface area contributed by atoms with Crippen molar-refractivity contribution in [2.45, 2.75) is 114 Å². The van der Waals surface area contributed by atoms with E-state index in [0.717, 1.165) is 28.5 Å². The summed E-state index contributed by atoms with van der Waals surface area (Å²) in [7, 11) is 0. The Hall–Kier alpha value is -0.580. The zero-order valence-corrected chi connectivity index (χ0v) is 20.0. The van der Waals surface area contributed by atoms with Gasteiger partial charge in [-0.25, -0.2) is 4.98 Å². The van der Waals surface area contributed by atoms with Gasteiger partial charge >= 0.3 is 0 Å². The summed E-state index contributed by atoms with van der Waals surface area (Å²) in [5.74, 6) is 0.762. The lowest BCUT2D eigenvalue weighted by Crippen LogP contribution is -2.09. The van der Waals surface area contributed by atoms with Crippen LogP contribution in [-0.2, 0) is 0 Å². The predicted octanol–water partition coefficient (Wildman–Crippen LogP) is 8.62. The summed E-state index contributed by atoms with van der Waals surface area (Å²) in [6.45, 7) is 2.28. The molecule has 1 aromatic heterocycles. The van der Waals surface area contributed by atoms with Crippen LogP contribution in [0.4, 0.5) is 0 Å². The van der Waals surface area contributed by atoms with Crippen molar-refractivity contribution >= 4 is 33.3 Å². The average Bonchev–Trinajstić information content (AvgIpc) is 3.15. The van der Waals surface area contributed by atoms with Crippen LogP contribution in [0.25, 0.3) is 10.2 Å². The molecule has 2 rings (SSSR count). The van der Waals surface area contributed by atoms with E-state index in [4.69, 9.17) is 0 Å². The molecule has 1 unspecified atom stereocenters. The molecule has 0 aliphatic heterocycles. The molecule has 1 aromatic carbocycles. The van der Waals surface area contributed by atoms with E-state index >= 15 is 0 Å². The average molecular weight is 436 g/mol. The zero-order valence-electron chi connectivity index (χ0n) is 18.4. The standard InChI is InChI=1S/C25H41NOS2/c1-2-3-4-5-6-7-8-9-10-11-12-13-14-15-18-22(27)21-28-25-26-23-19-16-17-20-24(23)29-25/h16-17,19-20,22,27H,2-15,18,21H2,1H3. The van der Waals surface area contributed by atoms with Crippen molar-refractivity contribution in [2.75, 3.05) is 5.75 Å². The fourth-order valence-corrected chi connectivity index (χ4v) is 5.81. The molecule has 0 saturated heterocycles. The highest BCUT2D eigenvalue weighted by atomic mass is 32.2. The number of fused-ring (bicyclic) bond motifs is 1. The Labute approximate surface area is 186 Å². The Bertz CT molecular complexity index is 610. The molecule has 1 heterocycles. The van der Waals surface area contributed by atoms with Crippen molar-refractivity contribution < 1.29 is 5.11 Å². The van der Waals surface area contributed by atoms with Crippen molar-refractivity contribution in [3.63, 3.8) is 0 Å². The number of aromatic nitrogens is 1. The minimum Gasteiger partial charge on any atom is -0.392 e. The van der Waals surface area contributed by atoms with Crippen LogP contribution in [0.3, 0.4) is 0 Å². The topological polar surface area (TPSA) is 33.1 Å². The van der Waals surface area contributed by atoms with Gasteiger partial charge in [0, 0.05) is 5.75 Å². The van der Waals surface area contributed by atoms with Gasteiger partial charge in [0.2, 0.25) is 0 Å². The van der Waals surface area contributed by atoms with Gasteiger partial charge in [0.05, 0.1) is 16.3 Å². The smallest absolute Gasteiger partial charge is 0.151 e. The number of rotatable bonds is 18. The van der Waals surface area contributed by atoms with Crippen LogP contribution in [0.15, 0.2) is 28.6 Å². The molecule has 164 valence electrons. The molecular formula is C25H41NOS2. The molecule has 0 spiro atoms. The van der Waals surface area contributed by atoms with E-state index in [-0.39, 0.29) is 6.10 Å². The largest absolute Gasteiger partial charge is 0.392 e. The summed E-state index contributed by atoms with van der Waals surface area (Å²) in [5, 5.41) is 10.2. The number of hydrogen-bond acceptors (Lipinski definition) is 4. The number of para-hydroxylation sites is 1. The number of unbranched alkanes of at least 4 members (excludes halogenated alkanes) is 13. The number of aliphatic hydroxyl groups excluding tert-OH is 1. The lowest BCUT2D eigenvalue weighted by molar-refractivity contribution is 0.185. The van der Waals surface area contributed by atoms with Crippen LogP contribution >= 0.6 is 23.1 Å². The minimum atomic E-state index is -0.204. The third-order valence-electron chi connectivity index (χ3n) is 5.56.